The van der Waals surface area contributed by atoms with Gasteiger partial charge in [-0.25, -0.2) is 4.79 Å². The van der Waals surface area contributed by atoms with Crippen LogP contribution < -0.4 is 5.32 Å². The zero-order chi connectivity index (χ0) is 13.9. The smallest absolute Gasteiger partial charge is 0.418 e. The van der Waals surface area contributed by atoms with E-state index in [0.717, 1.165) is 6.07 Å². The van der Waals surface area contributed by atoms with E-state index in [2.05, 4.69) is 26.0 Å². The van der Waals surface area contributed by atoms with Crippen LogP contribution in [0.15, 0.2) is 22.7 Å². The van der Waals surface area contributed by atoms with E-state index in [1.54, 1.807) is 0 Å². The first kappa shape index (κ1) is 14.8. The van der Waals surface area contributed by atoms with E-state index >= 15 is 0 Å². The Hall–Kier alpha value is -1.24. The van der Waals surface area contributed by atoms with E-state index in [1.807, 2.05) is 0 Å². The van der Waals surface area contributed by atoms with Gasteiger partial charge in [0.15, 0.2) is 0 Å². The van der Waals surface area contributed by atoms with Crippen LogP contribution in [0.3, 0.4) is 0 Å². The average Bonchev–Trinajstić information content (AvgIpc) is 2.28. The highest BCUT2D eigenvalue weighted by atomic mass is 79.9. The van der Waals surface area contributed by atoms with Gasteiger partial charge in [0, 0.05) is 10.2 Å². The fourth-order valence-electron chi connectivity index (χ4n) is 1.35. The van der Waals surface area contributed by atoms with Crippen LogP contribution >= 0.6 is 15.9 Å². The molecule has 0 bridgehead atoms. The van der Waals surface area contributed by atoms with Crippen molar-refractivity contribution in [3.8, 4) is 0 Å². The summed E-state index contributed by atoms with van der Waals surface area (Å²) in [5.41, 5.74) is -1.00. The first-order valence-corrected chi connectivity index (χ1v) is 5.76. The van der Waals surface area contributed by atoms with Crippen molar-refractivity contribution < 1.29 is 22.7 Å². The van der Waals surface area contributed by atoms with Gasteiger partial charge >= 0.3 is 12.1 Å². The molecule has 0 aliphatic rings. The van der Waals surface area contributed by atoms with Crippen molar-refractivity contribution in [1.82, 2.24) is 0 Å². The molecular weight excluding hydrogens is 315 g/mol. The van der Waals surface area contributed by atoms with Gasteiger partial charge in [-0.2, -0.15) is 13.2 Å². The Kier molecular flexibility index (Phi) is 4.61. The molecule has 0 saturated heterocycles. The van der Waals surface area contributed by atoms with Crippen LogP contribution in [0.4, 0.5) is 18.9 Å². The van der Waals surface area contributed by atoms with Gasteiger partial charge in [0.05, 0.1) is 12.7 Å². The summed E-state index contributed by atoms with van der Waals surface area (Å²) in [4.78, 5) is 11.2. The number of alkyl halides is 3. The lowest BCUT2D eigenvalue weighted by molar-refractivity contribution is -0.141. The number of anilines is 1. The van der Waals surface area contributed by atoms with E-state index in [4.69, 9.17) is 0 Å². The average molecular weight is 326 g/mol. The Morgan fingerprint density at radius 1 is 1.44 bits per heavy atom. The number of hydrogen-bond donors (Lipinski definition) is 1. The van der Waals surface area contributed by atoms with Gasteiger partial charge in [-0.15, -0.1) is 0 Å². The first-order chi connectivity index (χ1) is 8.25. The molecule has 1 N–H and O–H groups in total. The van der Waals surface area contributed by atoms with Gasteiger partial charge in [-0.1, -0.05) is 15.9 Å². The summed E-state index contributed by atoms with van der Waals surface area (Å²) >= 11 is 2.98. The number of hydrogen-bond acceptors (Lipinski definition) is 3. The van der Waals surface area contributed by atoms with Gasteiger partial charge in [-0.3, -0.25) is 0 Å². The van der Waals surface area contributed by atoms with Crippen molar-refractivity contribution in [2.75, 3.05) is 12.4 Å². The number of carbonyl (C=O) groups excluding carboxylic acids is 1. The molecule has 0 aliphatic carbocycles. The van der Waals surface area contributed by atoms with E-state index in [-0.39, 0.29) is 5.69 Å². The zero-order valence-electron chi connectivity index (χ0n) is 9.64. The number of ether oxygens (including phenoxy) is 1. The number of methoxy groups -OCH3 is 1. The summed E-state index contributed by atoms with van der Waals surface area (Å²) in [7, 11) is 1.17. The van der Waals surface area contributed by atoms with Crippen LogP contribution in [0.25, 0.3) is 0 Å². The number of esters is 1. The Labute approximate surface area is 110 Å². The second-order valence-corrected chi connectivity index (χ2v) is 4.49. The molecule has 0 heterocycles. The molecule has 0 aromatic heterocycles. The lowest BCUT2D eigenvalue weighted by Gasteiger charge is -2.18. The quantitative estimate of drug-likeness (QED) is 0.865. The molecule has 1 aromatic carbocycles. The van der Waals surface area contributed by atoms with Crippen LogP contribution in [-0.2, 0) is 15.7 Å². The van der Waals surface area contributed by atoms with Crippen molar-refractivity contribution in [2.45, 2.75) is 19.1 Å². The third-order valence-electron chi connectivity index (χ3n) is 2.21. The molecule has 1 atom stereocenters. The van der Waals surface area contributed by atoms with Gasteiger partial charge < -0.3 is 10.1 Å². The molecule has 7 heteroatoms. The standard InChI is InChI=1S/C11H11BrF3NO2/c1-6(10(17)18-2)16-9-4-3-7(12)5-8(9)11(13,14)15/h3-6,16H,1-2H3. The summed E-state index contributed by atoms with van der Waals surface area (Å²) in [5, 5.41) is 2.48. The molecule has 1 aromatic rings. The fraction of sp³-hybridized carbons (Fsp3) is 0.364. The van der Waals surface area contributed by atoms with Gasteiger partial charge in [0.25, 0.3) is 0 Å². The second kappa shape index (κ2) is 5.60. The first-order valence-electron chi connectivity index (χ1n) is 4.97. The summed E-state index contributed by atoms with van der Waals surface area (Å²) in [5.74, 6) is -0.633. The Balaban J connectivity index is 3.06. The van der Waals surface area contributed by atoms with E-state index in [9.17, 15) is 18.0 Å². The molecule has 0 spiro atoms. The minimum absolute atomic E-state index is 0.163. The largest absolute Gasteiger partial charge is 0.467 e. The summed E-state index contributed by atoms with van der Waals surface area (Å²) in [6.45, 7) is 1.42. The van der Waals surface area contributed by atoms with Crippen LogP contribution in [0, 0.1) is 0 Å². The van der Waals surface area contributed by atoms with Crippen LogP contribution in [-0.4, -0.2) is 19.1 Å². The van der Waals surface area contributed by atoms with Gasteiger partial charge in [-0.05, 0) is 25.1 Å². The summed E-state index contributed by atoms with van der Waals surface area (Å²) in [6, 6.07) is 2.80. The van der Waals surface area contributed by atoms with E-state index < -0.39 is 23.8 Å². The molecule has 1 rings (SSSR count). The van der Waals surface area contributed by atoms with Gasteiger partial charge in [0.1, 0.15) is 6.04 Å². The lowest BCUT2D eigenvalue weighted by atomic mass is 10.1. The molecular formula is C11H11BrF3NO2. The third-order valence-corrected chi connectivity index (χ3v) is 2.71. The summed E-state index contributed by atoms with van der Waals surface area (Å²) < 4.78 is 43.1. The lowest BCUT2D eigenvalue weighted by Crippen LogP contribution is -2.28. The fourth-order valence-corrected chi connectivity index (χ4v) is 1.71. The highest BCUT2D eigenvalue weighted by molar-refractivity contribution is 9.10. The van der Waals surface area contributed by atoms with Crippen molar-refractivity contribution in [2.24, 2.45) is 0 Å². The number of halogens is 4. The summed E-state index contributed by atoms with van der Waals surface area (Å²) in [6.07, 6.45) is -4.50. The van der Waals surface area contributed by atoms with Crippen molar-refractivity contribution >= 4 is 27.6 Å². The molecule has 1 unspecified atom stereocenters. The Bertz CT molecular complexity index is 448. The van der Waals surface area contributed by atoms with Crippen LogP contribution in [0.5, 0.6) is 0 Å². The van der Waals surface area contributed by atoms with Crippen molar-refractivity contribution in [3.05, 3.63) is 28.2 Å². The zero-order valence-corrected chi connectivity index (χ0v) is 11.2. The molecule has 3 nitrogen and oxygen atoms in total. The van der Waals surface area contributed by atoms with E-state index in [0.29, 0.717) is 4.47 Å². The second-order valence-electron chi connectivity index (χ2n) is 3.58. The predicted molar refractivity (Wildman–Crippen MR) is 64.2 cm³/mol. The predicted octanol–water partition coefficient (Wildman–Crippen LogP) is 3.44. The number of rotatable bonds is 3. The molecule has 0 saturated carbocycles. The molecule has 0 aliphatic heterocycles. The maximum Gasteiger partial charge on any atom is 0.418 e. The molecule has 0 amide bonds. The van der Waals surface area contributed by atoms with Crippen LogP contribution in [0.2, 0.25) is 0 Å². The maximum absolute atomic E-state index is 12.8. The topological polar surface area (TPSA) is 38.3 Å². The SMILES string of the molecule is COC(=O)C(C)Nc1ccc(Br)cc1C(F)(F)F. The minimum atomic E-state index is -4.50. The highest BCUT2D eigenvalue weighted by Crippen LogP contribution is 2.36. The maximum atomic E-state index is 12.8. The van der Waals surface area contributed by atoms with E-state index in [1.165, 1.54) is 26.2 Å². The number of benzene rings is 1. The monoisotopic (exact) mass is 325 g/mol. The molecule has 0 radical (unpaired) electrons. The normalized spacial score (nSPS) is 13.0. The number of nitrogens with one attached hydrogen (secondary N) is 1. The highest BCUT2D eigenvalue weighted by Gasteiger charge is 2.34. The molecule has 100 valence electrons. The molecule has 18 heavy (non-hydrogen) atoms. The Morgan fingerprint density at radius 3 is 2.56 bits per heavy atom. The number of carbonyl (C=O) groups is 1. The third kappa shape index (κ3) is 3.63. The molecule has 0 fully saturated rings. The van der Waals surface area contributed by atoms with Crippen molar-refractivity contribution in [3.63, 3.8) is 0 Å². The van der Waals surface area contributed by atoms with Crippen LogP contribution in [0.1, 0.15) is 12.5 Å². The minimum Gasteiger partial charge on any atom is -0.467 e. The van der Waals surface area contributed by atoms with Gasteiger partial charge in [0.2, 0.25) is 0 Å². The van der Waals surface area contributed by atoms with Crippen molar-refractivity contribution in [1.29, 1.82) is 0 Å². The Morgan fingerprint density at radius 2 is 2.06 bits per heavy atom.